The number of hydrogen-bond donors (Lipinski definition) is 1. The summed E-state index contributed by atoms with van der Waals surface area (Å²) in [5.74, 6) is 0.131. The second-order valence-electron chi connectivity index (χ2n) is 9.92. The van der Waals surface area contributed by atoms with E-state index in [-0.39, 0.29) is 17.8 Å². The van der Waals surface area contributed by atoms with Gasteiger partial charge in [0.05, 0.1) is 32.8 Å². The topological polar surface area (TPSA) is 83.1 Å². The van der Waals surface area contributed by atoms with Gasteiger partial charge in [0.1, 0.15) is 6.61 Å². The third kappa shape index (κ3) is 4.70. The van der Waals surface area contributed by atoms with Gasteiger partial charge in [0, 0.05) is 29.0 Å². The Hall–Kier alpha value is -3.74. The van der Waals surface area contributed by atoms with Crippen LogP contribution in [0, 0.1) is 5.41 Å². The summed E-state index contributed by atoms with van der Waals surface area (Å²) in [5.41, 5.74) is 3.75. The Balaban J connectivity index is 1.85. The minimum atomic E-state index is -0.678. The molecule has 1 aliphatic heterocycles. The fourth-order valence-corrected chi connectivity index (χ4v) is 5.17. The first-order valence-corrected chi connectivity index (χ1v) is 11.9. The third-order valence-electron chi connectivity index (χ3n) is 6.72. The Morgan fingerprint density at radius 3 is 2.31 bits per heavy atom. The third-order valence-corrected chi connectivity index (χ3v) is 6.72. The number of Topliss-reactive ketones (excluding diaryl/α,β-unsaturated/α-hetero) is 1. The molecule has 4 rings (SSSR count). The van der Waals surface area contributed by atoms with Crippen molar-refractivity contribution in [1.29, 1.82) is 0 Å². The summed E-state index contributed by atoms with van der Waals surface area (Å²) in [6.07, 6.45) is 1.06. The number of methoxy groups -OCH3 is 3. The molecule has 0 aromatic heterocycles. The van der Waals surface area contributed by atoms with E-state index in [1.165, 1.54) is 14.2 Å². The molecule has 2 aromatic rings. The molecule has 0 fully saturated rings. The summed E-state index contributed by atoms with van der Waals surface area (Å²) in [6.45, 7) is 6.12. The highest BCUT2D eigenvalue weighted by atomic mass is 16.5. The first-order valence-electron chi connectivity index (χ1n) is 11.9. The molecule has 7 heteroatoms. The molecular weight excluding hydrogens is 458 g/mol. The number of nitrogens with one attached hydrogen (secondary N) is 1. The van der Waals surface area contributed by atoms with Crippen LogP contribution in [-0.2, 0) is 20.9 Å². The Labute approximate surface area is 212 Å². The standard InChI is InChI=1S/C29H33NO6/c1-17-23(28(32)36-16-18-10-8-7-9-11-18)24(25-20(30-17)14-29(2,3)15-21(25)31)19-12-13-22(33-4)27(35-6)26(19)34-5/h7-13,24,30H,14-16H2,1-6H3/t24-/m0/s1. The van der Waals surface area contributed by atoms with E-state index in [2.05, 4.69) is 19.2 Å². The minimum Gasteiger partial charge on any atom is -0.493 e. The smallest absolute Gasteiger partial charge is 0.337 e. The lowest BCUT2D eigenvalue weighted by Crippen LogP contribution is -2.38. The zero-order valence-electron chi connectivity index (χ0n) is 21.7. The second-order valence-corrected chi connectivity index (χ2v) is 9.92. The summed E-state index contributed by atoms with van der Waals surface area (Å²) in [7, 11) is 4.61. The number of allylic oxidation sites excluding steroid dienone is 3. The molecule has 0 unspecified atom stereocenters. The van der Waals surface area contributed by atoms with Crippen molar-refractivity contribution >= 4 is 11.8 Å². The molecule has 7 nitrogen and oxygen atoms in total. The fourth-order valence-electron chi connectivity index (χ4n) is 5.17. The van der Waals surface area contributed by atoms with Gasteiger partial charge >= 0.3 is 5.97 Å². The van der Waals surface area contributed by atoms with Crippen LogP contribution >= 0.6 is 0 Å². The Bertz CT molecular complexity index is 1240. The number of dihydropyridines is 1. The lowest BCUT2D eigenvalue weighted by molar-refractivity contribution is -0.140. The summed E-state index contributed by atoms with van der Waals surface area (Å²) >= 11 is 0. The van der Waals surface area contributed by atoms with Crippen LogP contribution in [0.5, 0.6) is 17.2 Å². The number of rotatable bonds is 7. The van der Waals surface area contributed by atoms with Crippen molar-refractivity contribution in [2.75, 3.05) is 21.3 Å². The van der Waals surface area contributed by atoms with Crippen molar-refractivity contribution in [1.82, 2.24) is 5.32 Å². The monoisotopic (exact) mass is 491 g/mol. The molecule has 1 atom stereocenters. The minimum absolute atomic E-state index is 0.00329. The van der Waals surface area contributed by atoms with Gasteiger partial charge in [0.2, 0.25) is 5.75 Å². The van der Waals surface area contributed by atoms with Gasteiger partial charge in [-0.1, -0.05) is 50.2 Å². The lowest BCUT2D eigenvalue weighted by Gasteiger charge is -2.39. The Morgan fingerprint density at radius 1 is 0.972 bits per heavy atom. The number of ketones is 1. The van der Waals surface area contributed by atoms with Gasteiger partial charge in [0.15, 0.2) is 17.3 Å². The van der Waals surface area contributed by atoms with Gasteiger partial charge in [-0.25, -0.2) is 4.79 Å². The normalized spacial score (nSPS) is 18.8. The van der Waals surface area contributed by atoms with E-state index < -0.39 is 11.9 Å². The zero-order valence-corrected chi connectivity index (χ0v) is 21.7. The van der Waals surface area contributed by atoms with Gasteiger partial charge in [-0.15, -0.1) is 0 Å². The highest BCUT2D eigenvalue weighted by molar-refractivity contribution is 6.04. The van der Waals surface area contributed by atoms with Crippen molar-refractivity contribution in [2.24, 2.45) is 5.41 Å². The van der Waals surface area contributed by atoms with Crippen LogP contribution < -0.4 is 19.5 Å². The quantitative estimate of drug-likeness (QED) is 0.542. The molecule has 0 spiro atoms. The van der Waals surface area contributed by atoms with Gasteiger partial charge in [0.25, 0.3) is 0 Å². The molecule has 36 heavy (non-hydrogen) atoms. The maximum atomic E-state index is 13.6. The second kappa shape index (κ2) is 10.1. The van der Waals surface area contributed by atoms with Crippen molar-refractivity contribution in [2.45, 2.75) is 46.1 Å². The van der Waals surface area contributed by atoms with E-state index in [9.17, 15) is 9.59 Å². The van der Waals surface area contributed by atoms with E-state index in [1.807, 2.05) is 43.3 Å². The zero-order chi connectivity index (χ0) is 26.0. The Morgan fingerprint density at radius 2 is 1.67 bits per heavy atom. The van der Waals surface area contributed by atoms with Crippen LogP contribution in [0.25, 0.3) is 0 Å². The van der Waals surface area contributed by atoms with Crippen LogP contribution in [-0.4, -0.2) is 33.1 Å². The van der Waals surface area contributed by atoms with E-state index in [4.69, 9.17) is 18.9 Å². The van der Waals surface area contributed by atoms with Crippen molar-refractivity contribution in [3.8, 4) is 17.2 Å². The SMILES string of the molecule is COc1ccc([C@H]2C(C(=O)OCc3ccccc3)=C(C)NC3=C2C(=O)CC(C)(C)C3)c(OC)c1OC. The number of carbonyl (C=O) groups is 2. The molecule has 2 aromatic carbocycles. The first kappa shape index (κ1) is 25.4. The lowest BCUT2D eigenvalue weighted by atomic mass is 9.68. The number of carbonyl (C=O) groups excluding carboxylic acids is 2. The van der Waals surface area contributed by atoms with Crippen LogP contribution in [0.1, 0.15) is 50.7 Å². The van der Waals surface area contributed by atoms with E-state index in [0.717, 1.165) is 11.3 Å². The van der Waals surface area contributed by atoms with Crippen LogP contribution in [0.3, 0.4) is 0 Å². The van der Waals surface area contributed by atoms with Crippen molar-refractivity contribution in [3.05, 3.63) is 76.1 Å². The van der Waals surface area contributed by atoms with E-state index in [0.29, 0.717) is 52.5 Å². The fraction of sp³-hybridized carbons (Fsp3) is 0.379. The molecule has 0 bridgehead atoms. The van der Waals surface area contributed by atoms with Crippen LogP contribution in [0.2, 0.25) is 0 Å². The number of hydrogen-bond acceptors (Lipinski definition) is 7. The summed E-state index contributed by atoms with van der Waals surface area (Å²) < 4.78 is 22.6. The molecule has 190 valence electrons. The molecule has 1 heterocycles. The summed E-state index contributed by atoms with van der Waals surface area (Å²) in [6, 6.07) is 13.1. The molecule has 0 saturated carbocycles. The van der Waals surface area contributed by atoms with Gasteiger partial charge in [-0.3, -0.25) is 4.79 Å². The number of ether oxygens (including phenoxy) is 4. The van der Waals surface area contributed by atoms with E-state index >= 15 is 0 Å². The average molecular weight is 492 g/mol. The van der Waals surface area contributed by atoms with Crippen LogP contribution in [0.15, 0.2) is 65.0 Å². The van der Waals surface area contributed by atoms with Crippen molar-refractivity contribution in [3.63, 3.8) is 0 Å². The summed E-state index contributed by atoms with van der Waals surface area (Å²) in [5, 5.41) is 3.36. The molecule has 1 aliphatic carbocycles. The molecule has 1 N–H and O–H groups in total. The highest BCUT2D eigenvalue weighted by Gasteiger charge is 2.44. The predicted octanol–water partition coefficient (Wildman–Crippen LogP) is 5.06. The Kier molecular flexibility index (Phi) is 7.11. The summed E-state index contributed by atoms with van der Waals surface area (Å²) in [4.78, 5) is 27.2. The molecular formula is C29H33NO6. The highest BCUT2D eigenvalue weighted by Crippen LogP contribution is 2.51. The average Bonchev–Trinajstić information content (AvgIpc) is 2.85. The molecule has 2 aliphatic rings. The molecule has 0 radical (unpaired) electrons. The molecule has 0 saturated heterocycles. The maximum Gasteiger partial charge on any atom is 0.337 e. The number of benzene rings is 2. The van der Waals surface area contributed by atoms with Crippen LogP contribution in [0.4, 0.5) is 0 Å². The molecule has 0 amide bonds. The largest absolute Gasteiger partial charge is 0.493 e. The van der Waals surface area contributed by atoms with Gasteiger partial charge in [-0.2, -0.15) is 0 Å². The number of esters is 1. The van der Waals surface area contributed by atoms with Gasteiger partial charge in [-0.05, 0) is 30.4 Å². The first-order chi connectivity index (χ1) is 17.2. The van der Waals surface area contributed by atoms with Crippen molar-refractivity contribution < 1.29 is 28.5 Å². The van der Waals surface area contributed by atoms with E-state index in [1.54, 1.807) is 13.2 Å². The maximum absolute atomic E-state index is 13.6. The predicted molar refractivity (Wildman–Crippen MR) is 136 cm³/mol. The van der Waals surface area contributed by atoms with Gasteiger partial charge < -0.3 is 24.3 Å².